The van der Waals surface area contributed by atoms with Crippen molar-refractivity contribution in [3.8, 4) is 0 Å². The number of rotatable bonds is 4. The van der Waals surface area contributed by atoms with Crippen molar-refractivity contribution in [3.05, 3.63) is 29.8 Å². The molecule has 1 fully saturated rings. The van der Waals surface area contributed by atoms with Gasteiger partial charge in [0.15, 0.2) is 0 Å². The molecule has 1 saturated heterocycles. The molecule has 1 aromatic carbocycles. The lowest BCUT2D eigenvalue weighted by Gasteiger charge is -2.33. The fourth-order valence-electron chi connectivity index (χ4n) is 2.53. The van der Waals surface area contributed by atoms with Crippen LogP contribution in [0.2, 0.25) is 0 Å². The van der Waals surface area contributed by atoms with Crippen molar-refractivity contribution in [2.45, 2.75) is 24.3 Å². The van der Waals surface area contributed by atoms with Crippen LogP contribution in [0.4, 0.5) is 5.69 Å². The third-order valence-electron chi connectivity index (χ3n) is 3.32. The molecule has 0 radical (unpaired) electrons. The number of carbonyl (C=O) groups is 1. The van der Waals surface area contributed by atoms with Gasteiger partial charge in [-0.05, 0) is 24.3 Å². The second-order valence-corrected chi connectivity index (χ2v) is 7.76. The fourth-order valence-corrected chi connectivity index (χ4v) is 4.06. The highest BCUT2D eigenvalue weighted by molar-refractivity contribution is 8.00. The number of thiocarbonyl (C=S) groups is 1. The van der Waals surface area contributed by atoms with Crippen LogP contribution in [0.15, 0.2) is 24.3 Å². The average Bonchev–Trinajstić information content (AvgIpc) is 2.37. The van der Waals surface area contributed by atoms with E-state index in [1.807, 2.05) is 36.0 Å². The standard InChI is InChI=1S/C15H21N3OS2/c1-10-7-18(8-11(2)21-10)9-14(19)17-13-5-3-12(4-6-13)15(16)20/h3-6,10-11H,7-9H2,1-2H3,(H2,16,20)(H,17,19). The maximum atomic E-state index is 12.1. The predicted molar refractivity (Wildman–Crippen MR) is 93.9 cm³/mol. The van der Waals surface area contributed by atoms with E-state index in [0.717, 1.165) is 24.3 Å². The number of carbonyl (C=O) groups excluding carboxylic acids is 1. The molecule has 1 aliphatic heterocycles. The molecular formula is C15H21N3OS2. The summed E-state index contributed by atoms with van der Waals surface area (Å²) in [6, 6.07) is 7.28. The number of benzene rings is 1. The third-order valence-corrected chi connectivity index (χ3v) is 4.78. The lowest BCUT2D eigenvalue weighted by Crippen LogP contribution is -2.44. The summed E-state index contributed by atoms with van der Waals surface area (Å²) in [5.74, 6) is 0.0179. The highest BCUT2D eigenvalue weighted by Crippen LogP contribution is 2.24. The van der Waals surface area contributed by atoms with Crippen LogP contribution in [0.5, 0.6) is 0 Å². The molecule has 0 saturated carbocycles. The van der Waals surface area contributed by atoms with Crippen LogP contribution in [0, 0.1) is 0 Å². The first-order chi connectivity index (χ1) is 9.94. The molecule has 21 heavy (non-hydrogen) atoms. The Balaban J connectivity index is 1.88. The number of anilines is 1. The topological polar surface area (TPSA) is 58.4 Å². The summed E-state index contributed by atoms with van der Waals surface area (Å²) < 4.78 is 0. The first-order valence-corrected chi connectivity index (χ1v) is 8.36. The molecule has 1 aliphatic rings. The van der Waals surface area contributed by atoms with Crippen LogP contribution < -0.4 is 11.1 Å². The fraction of sp³-hybridized carbons (Fsp3) is 0.467. The SMILES string of the molecule is CC1CN(CC(=O)Nc2ccc(C(N)=S)cc2)CC(C)S1. The van der Waals surface area contributed by atoms with Gasteiger partial charge in [-0.3, -0.25) is 9.69 Å². The van der Waals surface area contributed by atoms with Crippen LogP contribution >= 0.6 is 24.0 Å². The smallest absolute Gasteiger partial charge is 0.238 e. The second kappa shape index (κ2) is 7.24. The van der Waals surface area contributed by atoms with Crippen LogP contribution in [0.25, 0.3) is 0 Å². The molecule has 0 aliphatic carbocycles. The lowest BCUT2D eigenvalue weighted by molar-refractivity contribution is -0.117. The summed E-state index contributed by atoms with van der Waals surface area (Å²) in [4.78, 5) is 14.7. The van der Waals surface area contributed by atoms with Gasteiger partial charge in [-0.15, -0.1) is 0 Å². The van der Waals surface area contributed by atoms with Crippen LogP contribution in [0.3, 0.4) is 0 Å². The number of nitrogens with one attached hydrogen (secondary N) is 1. The number of hydrogen-bond acceptors (Lipinski definition) is 4. The Bertz CT molecular complexity index is 508. The minimum absolute atomic E-state index is 0.0179. The molecule has 114 valence electrons. The zero-order valence-corrected chi connectivity index (χ0v) is 14.0. The predicted octanol–water partition coefficient (Wildman–Crippen LogP) is 2.09. The van der Waals surface area contributed by atoms with Gasteiger partial charge in [0.25, 0.3) is 0 Å². The van der Waals surface area contributed by atoms with Crippen molar-refractivity contribution in [2.24, 2.45) is 5.73 Å². The molecule has 2 atom stereocenters. The number of nitrogens with zero attached hydrogens (tertiary/aromatic N) is 1. The molecule has 3 N–H and O–H groups in total. The number of thioether (sulfide) groups is 1. The zero-order chi connectivity index (χ0) is 15.4. The summed E-state index contributed by atoms with van der Waals surface area (Å²) in [6.07, 6.45) is 0. The maximum Gasteiger partial charge on any atom is 0.238 e. The Morgan fingerprint density at radius 3 is 2.43 bits per heavy atom. The number of nitrogens with two attached hydrogens (primary N) is 1. The van der Waals surface area contributed by atoms with Crippen LogP contribution in [0.1, 0.15) is 19.4 Å². The molecule has 4 nitrogen and oxygen atoms in total. The Kier molecular flexibility index (Phi) is 5.61. The van der Waals surface area contributed by atoms with Crippen molar-refractivity contribution in [1.82, 2.24) is 4.90 Å². The van der Waals surface area contributed by atoms with Gasteiger partial charge in [-0.25, -0.2) is 0 Å². The van der Waals surface area contributed by atoms with E-state index < -0.39 is 0 Å². The highest BCUT2D eigenvalue weighted by atomic mass is 32.2. The summed E-state index contributed by atoms with van der Waals surface area (Å²) >= 11 is 6.89. The normalized spacial score (nSPS) is 22.8. The van der Waals surface area contributed by atoms with E-state index in [9.17, 15) is 4.79 Å². The average molecular weight is 323 g/mol. The number of hydrogen-bond donors (Lipinski definition) is 2. The van der Waals surface area contributed by atoms with Crippen molar-refractivity contribution in [1.29, 1.82) is 0 Å². The molecular weight excluding hydrogens is 302 g/mol. The summed E-state index contributed by atoms with van der Waals surface area (Å²) in [5.41, 5.74) is 7.13. The van der Waals surface area contributed by atoms with E-state index in [0.29, 0.717) is 22.0 Å². The molecule has 2 rings (SSSR count). The molecule has 1 heterocycles. The zero-order valence-electron chi connectivity index (χ0n) is 12.3. The first kappa shape index (κ1) is 16.3. The van der Waals surface area contributed by atoms with E-state index in [4.69, 9.17) is 18.0 Å². The summed E-state index contributed by atoms with van der Waals surface area (Å²) in [7, 11) is 0. The van der Waals surface area contributed by atoms with Gasteiger partial charge in [0.05, 0.1) is 6.54 Å². The molecule has 1 amide bonds. The Labute approximate surface area is 135 Å². The quantitative estimate of drug-likeness (QED) is 0.831. The van der Waals surface area contributed by atoms with Crippen molar-refractivity contribution < 1.29 is 4.79 Å². The van der Waals surface area contributed by atoms with E-state index in [1.54, 1.807) is 0 Å². The highest BCUT2D eigenvalue weighted by Gasteiger charge is 2.23. The number of amides is 1. The van der Waals surface area contributed by atoms with Crippen molar-refractivity contribution >= 4 is 40.6 Å². The van der Waals surface area contributed by atoms with Crippen molar-refractivity contribution in [2.75, 3.05) is 25.0 Å². The van der Waals surface area contributed by atoms with Gasteiger partial charge in [-0.2, -0.15) is 11.8 Å². The monoisotopic (exact) mass is 323 g/mol. The maximum absolute atomic E-state index is 12.1. The minimum atomic E-state index is 0.0179. The second-order valence-electron chi connectivity index (χ2n) is 5.44. The Morgan fingerprint density at radius 2 is 1.90 bits per heavy atom. The van der Waals surface area contributed by atoms with Gasteiger partial charge >= 0.3 is 0 Å². The molecule has 0 spiro atoms. The lowest BCUT2D eigenvalue weighted by atomic mass is 10.2. The first-order valence-electron chi connectivity index (χ1n) is 7.01. The van der Waals surface area contributed by atoms with E-state index in [-0.39, 0.29) is 5.91 Å². The molecule has 1 aromatic rings. The largest absolute Gasteiger partial charge is 0.389 e. The van der Waals surface area contributed by atoms with Gasteiger partial charge < -0.3 is 11.1 Å². The summed E-state index contributed by atoms with van der Waals surface area (Å²) in [5, 5.41) is 4.06. The van der Waals surface area contributed by atoms with Crippen LogP contribution in [-0.2, 0) is 4.79 Å². The molecule has 0 aromatic heterocycles. The van der Waals surface area contributed by atoms with E-state index in [1.165, 1.54) is 0 Å². The Morgan fingerprint density at radius 1 is 1.33 bits per heavy atom. The summed E-state index contributed by atoms with van der Waals surface area (Å²) in [6.45, 7) is 6.78. The van der Waals surface area contributed by atoms with Gasteiger partial charge in [-0.1, -0.05) is 26.1 Å². The molecule has 6 heteroatoms. The van der Waals surface area contributed by atoms with Gasteiger partial charge in [0.1, 0.15) is 4.99 Å². The minimum Gasteiger partial charge on any atom is -0.389 e. The van der Waals surface area contributed by atoms with E-state index in [2.05, 4.69) is 24.1 Å². The van der Waals surface area contributed by atoms with E-state index >= 15 is 0 Å². The van der Waals surface area contributed by atoms with Gasteiger partial charge in [0, 0.05) is 34.8 Å². The van der Waals surface area contributed by atoms with Gasteiger partial charge in [0.2, 0.25) is 5.91 Å². The van der Waals surface area contributed by atoms with Crippen molar-refractivity contribution in [3.63, 3.8) is 0 Å². The molecule has 0 bridgehead atoms. The molecule has 2 unspecified atom stereocenters. The van der Waals surface area contributed by atoms with Crippen LogP contribution in [-0.4, -0.2) is 45.9 Å². The third kappa shape index (κ3) is 4.98. The Hall–Kier alpha value is -1.11.